The zero-order chi connectivity index (χ0) is 13.4. The first-order chi connectivity index (χ1) is 8.57. The molecule has 1 rings (SSSR count). The van der Waals surface area contributed by atoms with Crippen molar-refractivity contribution in [2.45, 2.75) is 39.0 Å². The Kier molecular flexibility index (Phi) is 6.33. The van der Waals surface area contributed by atoms with Crippen LogP contribution in [-0.2, 0) is 22.6 Å². The Hall–Kier alpha value is -0.900. The van der Waals surface area contributed by atoms with Gasteiger partial charge in [0, 0.05) is 20.3 Å². The summed E-state index contributed by atoms with van der Waals surface area (Å²) in [6.07, 6.45) is 0.902. The Morgan fingerprint density at radius 1 is 1.22 bits per heavy atom. The standard InChI is InChI=1S/C15H25NO2/c1-15(2,17-4)8-9-18-12-14-7-5-6-13(10-14)11-16-3/h5-7,10,16H,8-9,11-12H2,1-4H3. The van der Waals surface area contributed by atoms with Crippen LogP contribution in [0.4, 0.5) is 0 Å². The fraction of sp³-hybridized carbons (Fsp3) is 0.600. The van der Waals surface area contributed by atoms with E-state index in [9.17, 15) is 0 Å². The summed E-state index contributed by atoms with van der Waals surface area (Å²) in [4.78, 5) is 0. The maximum atomic E-state index is 5.69. The van der Waals surface area contributed by atoms with Gasteiger partial charge in [0.05, 0.1) is 12.2 Å². The molecule has 1 aromatic carbocycles. The minimum absolute atomic E-state index is 0.103. The summed E-state index contributed by atoms with van der Waals surface area (Å²) < 4.78 is 11.0. The fourth-order valence-electron chi connectivity index (χ4n) is 1.64. The van der Waals surface area contributed by atoms with Crippen LogP contribution in [-0.4, -0.2) is 26.4 Å². The van der Waals surface area contributed by atoms with Crippen molar-refractivity contribution in [3.05, 3.63) is 35.4 Å². The van der Waals surface area contributed by atoms with Gasteiger partial charge >= 0.3 is 0 Å². The van der Waals surface area contributed by atoms with Crippen molar-refractivity contribution < 1.29 is 9.47 Å². The van der Waals surface area contributed by atoms with Crippen LogP contribution in [0.1, 0.15) is 31.4 Å². The predicted octanol–water partition coefficient (Wildman–Crippen LogP) is 2.74. The minimum Gasteiger partial charge on any atom is -0.379 e. The lowest BCUT2D eigenvalue weighted by Crippen LogP contribution is -2.24. The summed E-state index contributed by atoms with van der Waals surface area (Å²) in [5.41, 5.74) is 2.40. The molecule has 0 saturated heterocycles. The average molecular weight is 251 g/mol. The third-order valence-electron chi connectivity index (χ3n) is 3.04. The van der Waals surface area contributed by atoms with E-state index in [1.54, 1.807) is 7.11 Å². The quantitative estimate of drug-likeness (QED) is 0.721. The van der Waals surface area contributed by atoms with Crippen molar-refractivity contribution in [2.75, 3.05) is 20.8 Å². The van der Waals surface area contributed by atoms with Crippen LogP contribution in [0, 0.1) is 0 Å². The highest BCUT2D eigenvalue weighted by Gasteiger charge is 2.15. The van der Waals surface area contributed by atoms with Crippen molar-refractivity contribution in [2.24, 2.45) is 0 Å². The maximum absolute atomic E-state index is 5.69. The zero-order valence-electron chi connectivity index (χ0n) is 12.0. The zero-order valence-corrected chi connectivity index (χ0v) is 12.0. The Labute approximate surface area is 110 Å². The van der Waals surface area contributed by atoms with Crippen LogP contribution >= 0.6 is 0 Å². The first-order valence-electron chi connectivity index (χ1n) is 6.43. The van der Waals surface area contributed by atoms with E-state index in [1.807, 2.05) is 7.05 Å². The second kappa shape index (κ2) is 7.52. The molecular formula is C15H25NO2. The normalized spacial score (nSPS) is 11.8. The van der Waals surface area contributed by atoms with Gasteiger partial charge in [-0.1, -0.05) is 24.3 Å². The third kappa shape index (κ3) is 5.63. The molecule has 0 heterocycles. The van der Waals surface area contributed by atoms with Gasteiger partial charge < -0.3 is 14.8 Å². The highest BCUT2D eigenvalue weighted by atomic mass is 16.5. The second-order valence-electron chi connectivity index (χ2n) is 5.12. The number of methoxy groups -OCH3 is 1. The van der Waals surface area contributed by atoms with Gasteiger partial charge in [-0.05, 0) is 38.4 Å². The smallest absolute Gasteiger partial charge is 0.0716 e. The molecule has 1 aromatic rings. The fourth-order valence-corrected chi connectivity index (χ4v) is 1.64. The van der Waals surface area contributed by atoms with Crippen LogP contribution in [0.3, 0.4) is 0 Å². The Bertz CT molecular complexity index is 350. The molecule has 0 aliphatic carbocycles. The van der Waals surface area contributed by atoms with E-state index >= 15 is 0 Å². The lowest BCUT2D eigenvalue weighted by Gasteiger charge is -2.22. The molecule has 0 aromatic heterocycles. The molecule has 0 amide bonds. The lowest BCUT2D eigenvalue weighted by molar-refractivity contribution is -0.0124. The predicted molar refractivity (Wildman–Crippen MR) is 74.6 cm³/mol. The van der Waals surface area contributed by atoms with Gasteiger partial charge in [-0.25, -0.2) is 0 Å². The molecule has 0 aliphatic rings. The number of rotatable bonds is 8. The first kappa shape index (κ1) is 15.2. The van der Waals surface area contributed by atoms with Crippen molar-refractivity contribution in [3.8, 4) is 0 Å². The molecule has 0 aliphatic heterocycles. The monoisotopic (exact) mass is 251 g/mol. The molecule has 0 saturated carbocycles. The molecule has 102 valence electrons. The maximum Gasteiger partial charge on any atom is 0.0716 e. The number of hydrogen-bond donors (Lipinski definition) is 1. The second-order valence-corrected chi connectivity index (χ2v) is 5.12. The highest BCUT2D eigenvalue weighted by Crippen LogP contribution is 2.13. The third-order valence-corrected chi connectivity index (χ3v) is 3.04. The lowest BCUT2D eigenvalue weighted by atomic mass is 10.1. The van der Waals surface area contributed by atoms with Gasteiger partial charge in [0.25, 0.3) is 0 Å². The molecule has 0 bridgehead atoms. The average Bonchev–Trinajstić information content (AvgIpc) is 2.36. The Morgan fingerprint density at radius 2 is 1.94 bits per heavy atom. The van der Waals surface area contributed by atoms with Crippen LogP contribution < -0.4 is 5.32 Å². The number of ether oxygens (including phenoxy) is 2. The molecule has 0 atom stereocenters. The molecule has 1 N–H and O–H groups in total. The van der Waals surface area contributed by atoms with E-state index in [2.05, 4.69) is 43.4 Å². The number of nitrogens with one attached hydrogen (secondary N) is 1. The van der Waals surface area contributed by atoms with Crippen molar-refractivity contribution in [3.63, 3.8) is 0 Å². The minimum atomic E-state index is -0.103. The van der Waals surface area contributed by atoms with Gasteiger partial charge in [-0.2, -0.15) is 0 Å². The molecule has 0 radical (unpaired) electrons. The van der Waals surface area contributed by atoms with Crippen molar-refractivity contribution in [1.82, 2.24) is 5.32 Å². The first-order valence-corrected chi connectivity index (χ1v) is 6.43. The van der Waals surface area contributed by atoms with Gasteiger partial charge in [0.2, 0.25) is 0 Å². The van der Waals surface area contributed by atoms with E-state index in [4.69, 9.17) is 9.47 Å². The summed E-state index contributed by atoms with van der Waals surface area (Å²) in [6.45, 7) is 6.42. The van der Waals surface area contributed by atoms with E-state index in [1.165, 1.54) is 11.1 Å². The molecule has 3 heteroatoms. The van der Waals surface area contributed by atoms with E-state index < -0.39 is 0 Å². The van der Waals surface area contributed by atoms with E-state index in [0.717, 1.165) is 19.6 Å². The van der Waals surface area contributed by atoms with E-state index in [0.29, 0.717) is 6.61 Å². The Balaban J connectivity index is 2.33. The van der Waals surface area contributed by atoms with Crippen LogP contribution in [0.15, 0.2) is 24.3 Å². The highest BCUT2D eigenvalue weighted by molar-refractivity contribution is 5.22. The summed E-state index contributed by atoms with van der Waals surface area (Å²) in [5.74, 6) is 0. The van der Waals surface area contributed by atoms with Gasteiger partial charge in [-0.3, -0.25) is 0 Å². The largest absolute Gasteiger partial charge is 0.379 e. The van der Waals surface area contributed by atoms with Crippen LogP contribution in [0.2, 0.25) is 0 Å². The summed E-state index contributed by atoms with van der Waals surface area (Å²) in [7, 11) is 3.69. The molecular weight excluding hydrogens is 226 g/mol. The van der Waals surface area contributed by atoms with Gasteiger partial charge in [0.1, 0.15) is 0 Å². The molecule has 0 fully saturated rings. The number of hydrogen-bond acceptors (Lipinski definition) is 3. The van der Waals surface area contributed by atoms with Crippen molar-refractivity contribution >= 4 is 0 Å². The molecule has 18 heavy (non-hydrogen) atoms. The van der Waals surface area contributed by atoms with Crippen LogP contribution in [0.5, 0.6) is 0 Å². The summed E-state index contributed by atoms with van der Waals surface area (Å²) >= 11 is 0. The molecule has 0 unspecified atom stereocenters. The van der Waals surface area contributed by atoms with Gasteiger partial charge in [0.15, 0.2) is 0 Å². The molecule has 0 spiro atoms. The number of benzene rings is 1. The topological polar surface area (TPSA) is 30.5 Å². The SMILES string of the molecule is CNCc1cccc(COCCC(C)(C)OC)c1. The van der Waals surface area contributed by atoms with Crippen LogP contribution in [0.25, 0.3) is 0 Å². The van der Waals surface area contributed by atoms with Gasteiger partial charge in [-0.15, -0.1) is 0 Å². The summed E-state index contributed by atoms with van der Waals surface area (Å²) in [5, 5.41) is 3.15. The van der Waals surface area contributed by atoms with Crippen molar-refractivity contribution in [1.29, 1.82) is 0 Å². The molecule has 3 nitrogen and oxygen atoms in total. The Morgan fingerprint density at radius 3 is 2.61 bits per heavy atom. The van der Waals surface area contributed by atoms with E-state index in [-0.39, 0.29) is 5.60 Å². The summed E-state index contributed by atoms with van der Waals surface area (Å²) in [6, 6.07) is 8.47.